The SMILES string of the molecule is C=Cc1ccc2c(c1)CCC([C@](C)(ONC(=O)OC(C)(C)C)C(=O)OC(C)(C)C)O2. The van der Waals surface area contributed by atoms with E-state index < -0.39 is 35.0 Å². The number of amides is 1. The third-order valence-corrected chi connectivity index (χ3v) is 4.43. The molecular formula is C23H33NO6. The molecule has 30 heavy (non-hydrogen) atoms. The number of hydroxylamine groups is 1. The van der Waals surface area contributed by atoms with Crippen LogP contribution in [-0.4, -0.2) is 35.0 Å². The van der Waals surface area contributed by atoms with Gasteiger partial charge in [0.15, 0.2) is 0 Å². The second-order valence-electron chi connectivity index (χ2n) is 9.53. The molecule has 0 fully saturated rings. The molecule has 1 heterocycles. The van der Waals surface area contributed by atoms with Gasteiger partial charge in [0.2, 0.25) is 5.60 Å². The zero-order valence-corrected chi connectivity index (χ0v) is 19.0. The van der Waals surface area contributed by atoms with Crippen LogP contribution in [0.5, 0.6) is 5.75 Å². The molecule has 7 nitrogen and oxygen atoms in total. The minimum atomic E-state index is -1.58. The first-order chi connectivity index (χ1) is 13.7. The van der Waals surface area contributed by atoms with Gasteiger partial charge in [-0.05, 0) is 84.6 Å². The van der Waals surface area contributed by atoms with Crippen molar-refractivity contribution in [3.63, 3.8) is 0 Å². The number of carbonyl (C=O) groups is 2. The van der Waals surface area contributed by atoms with E-state index in [1.54, 1.807) is 54.5 Å². The number of esters is 1. The van der Waals surface area contributed by atoms with Gasteiger partial charge in [-0.1, -0.05) is 18.7 Å². The molecule has 1 N–H and O–H groups in total. The summed E-state index contributed by atoms with van der Waals surface area (Å²) in [5, 5.41) is 0. The number of benzene rings is 1. The second kappa shape index (κ2) is 8.68. The zero-order valence-electron chi connectivity index (χ0n) is 19.0. The van der Waals surface area contributed by atoms with Gasteiger partial charge in [-0.2, -0.15) is 5.48 Å². The Labute approximate surface area is 178 Å². The monoisotopic (exact) mass is 419 g/mol. The molecule has 1 aliphatic heterocycles. The summed E-state index contributed by atoms with van der Waals surface area (Å²) in [6, 6.07) is 5.73. The van der Waals surface area contributed by atoms with Crippen molar-refractivity contribution in [2.24, 2.45) is 0 Å². The number of hydrogen-bond donors (Lipinski definition) is 1. The number of rotatable bonds is 5. The summed E-state index contributed by atoms with van der Waals surface area (Å²) in [5.74, 6) is 0.0229. The summed E-state index contributed by atoms with van der Waals surface area (Å²) in [5.41, 5.74) is 1.22. The van der Waals surface area contributed by atoms with Crippen LogP contribution < -0.4 is 10.2 Å². The third-order valence-electron chi connectivity index (χ3n) is 4.43. The number of carbonyl (C=O) groups excluding carboxylic acids is 2. The maximum Gasteiger partial charge on any atom is 0.431 e. The van der Waals surface area contributed by atoms with E-state index in [1.165, 1.54) is 0 Å². The third kappa shape index (κ3) is 6.23. The molecule has 0 saturated carbocycles. The van der Waals surface area contributed by atoms with Crippen LogP contribution >= 0.6 is 0 Å². The van der Waals surface area contributed by atoms with Crippen molar-refractivity contribution in [1.82, 2.24) is 5.48 Å². The lowest BCUT2D eigenvalue weighted by atomic mass is 9.90. The normalized spacial score (nSPS) is 18.3. The van der Waals surface area contributed by atoms with Crippen molar-refractivity contribution >= 4 is 18.1 Å². The molecule has 0 aliphatic carbocycles. The van der Waals surface area contributed by atoms with Crippen molar-refractivity contribution in [3.05, 3.63) is 35.9 Å². The van der Waals surface area contributed by atoms with E-state index in [9.17, 15) is 9.59 Å². The van der Waals surface area contributed by atoms with Crippen LogP contribution in [0.4, 0.5) is 4.79 Å². The molecule has 1 amide bonds. The van der Waals surface area contributed by atoms with Gasteiger partial charge in [0, 0.05) is 0 Å². The molecule has 7 heteroatoms. The molecule has 1 aromatic carbocycles. The number of hydrogen-bond acceptors (Lipinski definition) is 6. The number of nitrogens with one attached hydrogen (secondary N) is 1. The molecule has 1 unspecified atom stereocenters. The van der Waals surface area contributed by atoms with Crippen LogP contribution in [0, 0.1) is 0 Å². The lowest BCUT2D eigenvalue weighted by Crippen LogP contribution is -2.58. The van der Waals surface area contributed by atoms with Gasteiger partial charge in [0.1, 0.15) is 23.1 Å². The predicted molar refractivity (Wildman–Crippen MR) is 114 cm³/mol. The molecule has 0 aromatic heterocycles. The first kappa shape index (κ1) is 23.7. The molecule has 1 aliphatic rings. The van der Waals surface area contributed by atoms with E-state index in [4.69, 9.17) is 19.0 Å². The van der Waals surface area contributed by atoms with Crippen LogP contribution in [-0.2, 0) is 25.5 Å². The molecule has 0 saturated heterocycles. The number of fused-ring (bicyclic) bond motifs is 1. The molecule has 0 bridgehead atoms. The average Bonchev–Trinajstić information content (AvgIpc) is 2.62. The van der Waals surface area contributed by atoms with Crippen molar-refractivity contribution in [2.75, 3.05) is 0 Å². The van der Waals surface area contributed by atoms with Crippen LogP contribution in [0.2, 0.25) is 0 Å². The highest BCUT2D eigenvalue weighted by atomic mass is 16.7. The standard InChI is InChI=1S/C23H33NO6/c1-9-15-10-12-17-16(14-15)11-13-18(27-17)23(8,19(25)28-21(2,3)4)30-24-20(26)29-22(5,6)7/h9-10,12,14,18H,1,11,13H2,2-8H3,(H,24,26)/t18?,23-/m0/s1. The fraction of sp³-hybridized carbons (Fsp3) is 0.565. The predicted octanol–water partition coefficient (Wildman–Crippen LogP) is 4.58. The quantitative estimate of drug-likeness (QED) is 0.556. The van der Waals surface area contributed by atoms with Crippen molar-refractivity contribution in [2.45, 2.75) is 84.2 Å². The highest BCUT2D eigenvalue weighted by Gasteiger charge is 2.50. The van der Waals surface area contributed by atoms with E-state index in [1.807, 2.05) is 18.2 Å². The smallest absolute Gasteiger partial charge is 0.431 e. The minimum Gasteiger partial charge on any atom is -0.486 e. The summed E-state index contributed by atoms with van der Waals surface area (Å²) in [7, 11) is 0. The van der Waals surface area contributed by atoms with E-state index in [2.05, 4.69) is 12.1 Å². The molecule has 2 rings (SSSR count). The second-order valence-corrected chi connectivity index (χ2v) is 9.53. The van der Waals surface area contributed by atoms with Crippen LogP contribution in [0.25, 0.3) is 6.08 Å². The van der Waals surface area contributed by atoms with Crippen LogP contribution in [0.15, 0.2) is 24.8 Å². The fourth-order valence-corrected chi connectivity index (χ4v) is 2.99. The van der Waals surface area contributed by atoms with Gasteiger partial charge in [0.05, 0.1) is 0 Å². The Kier molecular flexibility index (Phi) is 6.87. The molecule has 166 valence electrons. The van der Waals surface area contributed by atoms with E-state index in [0.717, 1.165) is 11.1 Å². The molecule has 1 aromatic rings. The van der Waals surface area contributed by atoms with Crippen LogP contribution in [0.1, 0.15) is 66.0 Å². The Bertz CT molecular complexity index is 805. The highest BCUT2D eigenvalue weighted by Crippen LogP contribution is 2.35. The maximum absolute atomic E-state index is 13.1. The molecular weight excluding hydrogens is 386 g/mol. The first-order valence-corrected chi connectivity index (χ1v) is 10.1. The van der Waals surface area contributed by atoms with E-state index in [0.29, 0.717) is 18.6 Å². The van der Waals surface area contributed by atoms with E-state index in [-0.39, 0.29) is 0 Å². The Morgan fingerprint density at radius 3 is 2.30 bits per heavy atom. The summed E-state index contributed by atoms with van der Waals surface area (Å²) in [6.07, 6.45) is 1.47. The Hall–Kier alpha value is -2.54. The minimum absolute atomic E-state index is 0.499. The van der Waals surface area contributed by atoms with Gasteiger partial charge in [-0.3, -0.25) is 0 Å². The Balaban J connectivity index is 2.25. The van der Waals surface area contributed by atoms with Gasteiger partial charge >= 0.3 is 12.1 Å². The van der Waals surface area contributed by atoms with Gasteiger partial charge in [-0.15, -0.1) is 0 Å². The highest BCUT2D eigenvalue weighted by molar-refractivity contribution is 5.81. The maximum atomic E-state index is 13.1. The van der Waals surface area contributed by atoms with Crippen molar-refractivity contribution < 1.29 is 28.6 Å². The van der Waals surface area contributed by atoms with Gasteiger partial charge in [-0.25, -0.2) is 14.4 Å². The number of ether oxygens (including phenoxy) is 3. The number of aryl methyl sites for hydroxylation is 1. The summed E-state index contributed by atoms with van der Waals surface area (Å²) in [4.78, 5) is 30.8. The fourth-order valence-electron chi connectivity index (χ4n) is 2.99. The molecule has 2 atom stereocenters. The molecule has 0 radical (unpaired) electrons. The Morgan fingerprint density at radius 1 is 1.10 bits per heavy atom. The Morgan fingerprint density at radius 2 is 1.73 bits per heavy atom. The summed E-state index contributed by atoms with van der Waals surface area (Å²) >= 11 is 0. The topological polar surface area (TPSA) is 83.1 Å². The van der Waals surface area contributed by atoms with Gasteiger partial charge in [0.25, 0.3) is 0 Å². The van der Waals surface area contributed by atoms with Crippen LogP contribution in [0.3, 0.4) is 0 Å². The van der Waals surface area contributed by atoms with Crippen molar-refractivity contribution in [1.29, 1.82) is 0 Å². The average molecular weight is 420 g/mol. The largest absolute Gasteiger partial charge is 0.486 e. The summed E-state index contributed by atoms with van der Waals surface area (Å²) in [6.45, 7) is 15.8. The van der Waals surface area contributed by atoms with E-state index >= 15 is 0 Å². The van der Waals surface area contributed by atoms with Crippen molar-refractivity contribution in [3.8, 4) is 5.75 Å². The lowest BCUT2D eigenvalue weighted by Gasteiger charge is -2.39. The first-order valence-electron chi connectivity index (χ1n) is 10.1. The van der Waals surface area contributed by atoms with Gasteiger partial charge < -0.3 is 14.2 Å². The zero-order chi connectivity index (χ0) is 22.7. The summed E-state index contributed by atoms with van der Waals surface area (Å²) < 4.78 is 16.9. The molecule has 0 spiro atoms. The lowest BCUT2D eigenvalue weighted by molar-refractivity contribution is -0.205.